The van der Waals surface area contributed by atoms with Crippen molar-refractivity contribution in [2.24, 2.45) is 33.8 Å². The van der Waals surface area contributed by atoms with Gasteiger partial charge in [0.05, 0.1) is 12.1 Å². The van der Waals surface area contributed by atoms with E-state index in [1.807, 2.05) is 0 Å². The Kier molecular flexibility index (Phi) is 20.2. The lowest BCUT2D eigenvalue weighted by molar-refractivity contribution is -0.143. The number of phenols is 1. The smallest absolute Gasteiger partial charge is 0.303 e. The van der Waals surface area contributed by atoms with E-state index in [1.54, 1.807) is 13.8 Å². The molecule has 1 unspecified atom stereocenters. The van der Waals surface area contributed by atoms with Gasteiger partial charge in [0, 0.05) is 25.9 Å². The predicted octanol–water partition coefficient (Wildman–Crippen LogP) is -3.47. The number of carboxylic acids is 1. The zero-order chi connectivity index (χ0) is 45.3. The number of hydrogen-bond acceptors (Lipinski definition) is 12. The Hall–Kier alpha value is -6.03. The highest BCUT2D eigenvalue weighted by molar-refractivity contribution is 5.98. The molecule has 1 saturated heterocycles. The number of amides is 7. The number of nitrogens with one attached hydrogen (secondary N) is 5. The molecule has 1 fully saturated rings. The van der Waals surface area contributed by atoms with Crippen molar-refractivity contribution in [2.75, 3.05) is 13.1 Å². The Morgan fingerprint density at radius 1 is 0.833 bits per heavy atom. The van der Waals surface area contributed by atoms with Crippen LogP contribution in [0.1, 0.15) is 78.2 Å². The third kappa shape index (κ3) is 16.7. The lowest BCUT2D eigenvalue weighted by Gasteiger charge is -2.30. The number of primary amides is 1. The van der Waals surface area contributed by atoms with Crippen molar-refractivity contribution in [1.82, 2.24) is 31.5 Å². The first-order valence-corrected chi connectivity index (χ1v) is 19.7. The second kappa shape index (κ2) is 24.1. The van der Waals surface area contributed by atoms with Crippen LogP contribution in [0.25, 0.3) is 0 Å². The molecule has 60 heavy (non-hydrogen) atoms. The number of carbonyl (C=O) groups is 8. The number of aliphatic hydroxyl groups excluding tert-OH is 1. The molecule has 1 heterocycles. The van der Waals surface area contributed by atoms with E-state index in [0.29, 0.717) is 24.9 Å². The van der Waals surface area contributed by atoms with Crippen LogP contribution < -0.4 is 49.5 Å². The van der Waals surface area contributed by atoms with Crippen LogP contribution in [-0.2, 0) is 44.8 Å². The molecule has 22 nitrogen and oxygen atoms in total. The van der Waals surface area contributed by atoms with Crippen LogP contribution >= 0.6 is 0 Å². The Morgan fingerprint density at radius 2 is 1.45 bits per heavy atom. The number of nitrogens with two attached hydrogens (primary N) is 4. The summed E-state index contributed by atoms with van der Waals surface area (Å²) in [4.78, 5) is 109. The van der Waals surface area contributed by atoms with Gasteiger partial charge in [-0.05, 0) is 76.0 Å². The second-order valence-electron chi connectivity index (χ2n) is 15.2. The van der Waals surface area contributed by atoms with Crippen LogP contribution in [-0.4, -0.2) is 135 Å². The molecule has 7 amide bonds. The summed E-state index contributed by atoms with van der Waals surface area (Å²) >= 11 is 0. The summed E-state index contributed by atoms with van der Waals surface area (Å²) < 4.78 is 0. The normalized spacial score (nSPS) is 17.2. The van der Waals surface area contributed by atoms with E-state index >= 15 is 0 Å². The molecule has 0 saturated carbocycles. The van der Waals surface area contributed by atoms with Crippen molar-refractivity contribution >= 4 is 53.3 Å². The largest absolute Gasteiger partial charge is 0.508 e. The minimum Gasteiger partial charge on any atom is -0.508 e. The minimum atomic E-state index is -1.65. The number of likely N-dealkylation sites (tertiary alicyclic amines) is 1. The summed E-state index contributed by atoms with van der Waals surface area (Å²) in [6.07, 6.45) is -1.16. The van der Waals surface area contributed by atoms with Gasteiger partial charge in [-0.1, -0.05) is 26.0 Å². The average Bonchev–Trinajstić information content (AvgIpc) is 3.51. The summed E-state index contributed by atoms with van der Waals surface area (Å²) in [5, 5.41) is 42.3. The van der Waals surface area contributed by atoms with Gasteiger partial charge >= 0.3 is 5.97 Å². The van der Waals surface area contributed by atoms with E-state index in [0.717, 1.165) is 4.90 Å². The summed E-state index contributed by atoms with van der Waals surface area (Å²) in [6.45, 7) is 6.38. The molecule has 1 aromatic carbocycles. The number of aliphatic carboxylic acids is 1. The van der Waals surface area contributed by atoms with Crippen LogP contribution in [0.2, 0.25) is 0 Å². The quantitative estimate of drug-likeness (QED) is 0.0259. The highest BCUT2D eigenvalue weighted by Gasteiger charge is 2.42. The molecule has 0 spiro atoms. The molecule has 1 aliphatic rings. The standard InChI is InChI=1S/C38H61N11O11/c1-19(2)17-26(33(56)44-20(3)31(40)54)47-35(58)28(12-13-29(52)53)49-16-14-25(37(49)60)45-36(59)30(21(4)50)48-34(57)27(18-22-8-10-23(51)11-9-22)46-32(55)24(39)7-5-6-15-43-38(41)42/h8-11,19-21,24-28,30,50-51H,5-7,12-18,39H2,1-4H3,(H2,40,54)(H,44,56)(H,45,59)(H,46,55)(H,47,58)(H,48,57)(H,52,53)(H4,41,42,43)/t20-,21-,24-,25?,26-,27-,28-,30-/m1/s1. The van der Waals surface area contributed by atoms with Crippen molar-refractivity contribution in [2.45, 2.75) is 127 Å². The molecule has 0 radical (unpaired) electrons. The van der Waals surface area contributed by atoms with Crippen LogP contribution in [0.5, 0.6) is 5.75 Å². The van der Waals surface area contributed by atoms with Crippen LogP contribution in [0.4, 0.5) is 0 Å². The second-order valence-corrected chi connectivity index (χ2v) is 15.2. The van der Waals surface area contributed by atoms with Crippen molar-refractivity contribution in [3.8, 4) is 5.75 Å². The molecule has 0 aromatic heterocycles. The fraction of sp³-hybridized carbons (Fsp3) is 0.605. The Balaban J connectivity index is 2.24. The summed E-state index contributed by atoms with van der Waals surface area (Å²) in [5.41, 5.74) is 22.5. The van der Waals surface area contributed by atoms with E-state index in [9.17, 15) is 53.7 Å². The Bertz CT molecular complexity index is 1700. The van der Waals surface area contributed by atoms with Gasteiger partial charge in [-0.25, -0.2) is 0 Å². The first kappa shape index (κ1) is 50.1. The van der Waals surface area contributed by atoms with Crippen molar-refractivity contribution < 1.29 is 53.7 Å². The lowest BCUT2D eigenvalue weighted by atomic mass is 10.0. The molecule has 1 aliphatic heterocycles. The van der Waals surface area contributed by atoms with Crippen molar-refractivity contribution in [3.05, 3.63) is 29.8 Å². The van der Waals surface area contributed by atoms with Crippen molar-refractivity contribution in [1.29, 1.82) is 0 Å². The number of unbranched alkanes of at least 4 members (excludes halogenated alkanes) is 1. The number of rotatable bonds is 25. The molecular weight excluding hydrogens is 786 g/mol. The number of aliphatic imine (C=N–C) groups is 1. The number of carboxylic acid groups (broad SMARTS) is 1. The average molecular weight is 848 g/mol. The summed E-state index contributed by atoms with van der Waals surface area (Å²) in [7, 11) is 0. The van der Waals surface area contributed by atoms with Gasteiger partial charge in [0.25, 0.3) is 0 Å². The van der Waals surface area contributed by atoms with Crippen LogP contribution in [0.3, 0.4) is 0 Å². The van der Waals surface area contributed by atoms with Gasteiger partial charge in [0.2, 0.25) is 41.4 Å². The van der Waals surface area contributed by atoms with Crippen LogP contribution in [0.15, 0.2) is 29.3 Å². The lowest BCUT2D eigenvalue weighted by Crippen LogP contribution is -2.60. The van der Waals surface area contributed by atoms with Gasteiger partial charge in [0.1, 0.15) is 42.0 Å². The fourth-order valence-corrected chi connectivity index (χ4v) is 6.28. The Labute approximate surface area is 348 Å². The third-order valence-corrected chi connectivity index (χ3v) is 9.62. The van der Waals surface area contributed by atoms with E-state index in [1.165, 1.54) is 38.1 Å². The molecule has 8 atom stereocenters. The highest BCUT2D eigenvalue weighted by atomic mass is 16.4. The van der Waals surface area contributed by atoms with Gasteiger partial charge in [-0.15, -0.1) is 0 Å². The van der Waals surface area contributed by atoms with Gasteiger partial charge in [0.15, 0.2) is 5.96 Å². The highest BCUT2D eigenvalue weighted by Crippen LogP contribution is 2.20. The number of carbonyl (C=O) groups excluding carboxylic acids is 7. The predicted molar refractivity (Wildman–Crippen MR) is 217 cm³/mol. The molecule has 0 bridgehead atoms. The van der Waals surface area contributed by atoms with Crippen molar-refractivity contribution in [3.63, 3.8) is 0 Å². The Morgan fingerprint density at radius 3 is 2.02 bits per heavy atom. The SMILES string of the molecule is CC(C)C[C@@H](NC(=O)[C@@H](CCC(=O)O)N1CCC(NC(=O)[C@H](NC(=O)[C@@H](Cc2ccc(O)cc2)NC(=O)[C@H](N)CCCCN=C(N)N)[C@@H](C)O)C1=O)C(=O)N[C@H](C)C(N)=O. The van der Waals surface area contributed by atoms with Gasteiger partial charge in [-0.3, -0.25) is 43.3 Å². The van der Waals surface area contributed by atoms with Crippen LogP contribution in [0, 0.1) is 5.92 Å². The number of nitrogens with zero attached hydrogens (tertiary/aromatic N) is 2. The maximum Gasteiger partial charge on any atom is 0.303 e. The zero-order valence-electron chi connectivity index (χ0n) is 34.4. The monoisotopic (exact) mass is 847 g/mol. The molecule has 334 valence electrons. The molecule has 2 rings (SSSR count). The first-order valence-electron chi connectivity index (χ1n) is 19.7. The van der Waals surface area contributed by atoms with E-state index < -0.39 is 102 Å². The number of guanidine groups is 1. The third-order valence-electron chi connectivity index (χ3n) is 9.62. The van der Waals surface area contributed by atoms with Gasteiger partial charge in [-0.2, -0.15) is 0 Å². The van der Waals surface area contributed by atoms with E-state index in [-0.39, 0.29) is 56.3 Å². The van der Waals surface area contributed by atoms with Gasteiger partial charge < -0.3 is 69.7 Å². The topological polar surface area (TPSA) is 377 Å². The first-order chi connectivity index (χ1) is 28.1. The summed E-state index contributed by atoms with van der Waals surface area (Å²) in [6, 6.07) is -3.06. The fourth-order valence-electron chi connectivity index (χ4n) is 6.28. The maximum absolute atomic E-state index is 13.7. The number of aromatic hydroxyl groups is 1. The molecule has 16 N–H and O–H groups in total. The maximum atomic E-state index is 13.7. The summed E-state index contributed by atoms with van der Waals surface area (Å²) in [5.74, 6) is -7.15. The number of hydrogen-bond donors (Lipinski definition) is 12. The molecule has 1 aromatic rings. The van der Waals surface area contributed by atoms with E-state index in [2.05, 4.69) is 31.6 Å². The molecular formula is C38H61N11O11. The zero-order valence-corrected chi connectivity index (χ0v) is 34.4. The number of phenolic OH excluding ortho intramolecular Hbond substituents is 1. The number of aliphatic hydroxyl groups is 1. The number of benzene rings is 1. The van der Waals surface area contributed by atoms with E-state index in [4.69, 9.17) is 22.9 Å². The minimum absolute atomic E-state index is 0.0410. The molecule has 0 aliphatic carbocycles. The molecule has 22 heteroatoms.